The summed E-state index contributed by atoms with van der Waals surface area (Å²) in [6, 6.07) is 11.8. The molecule has 0 spiro atoms. The average Bonchev–Trinajstić information content (AvgIpc) is 2.72. The summed E-state index contributed by atoms with van der Waals surface area (Å²) in [6.07, 6.45) is 0. The SMILES string of the molecule is CC1(C)COc2ccc(C(N)c3cc(Cl)cc(Br)c3)cc21. The molecule has 0 aromatic heterocycles. The Bertz CT molecular complexity index is 679. The molecule has 0 radical (unpaired) electrons. The highest BCUT2D eigenvalue weighted by atomic mass is 79.9. The first-order chi connectivity index (χ1) is 9.87. The van der Waals surface area contributed by atoms with Gasteiger partial charge in [-0.05, 0) is 41.5 Å². The van der Waals surface area contributed by atoms with Gasteiger partial charge in [0.2, 0.25) is 0 Å². The Morgan fingerprint density at radius 1 is 1.19 bits per heavy atom. The Balaban J connectivity index is 2.01. The molecular formula is C17H17BrClNO. The molecule has 2 nitrogen and oxygen atoms in total. The van der Waals surface area contributed by atoms with Crippen LogP contribution in [0, 0.1) is 0 Å². The molecule has 0 amide bonds. The summed E-state index contributed by atoms with van der Waals surface area (Å²) in [7, 11) is 0. The van der Waals surface area contributed by atoms with Gasteiger partial charge in [-0.3, -0.25) is 0 Å². The van der Waals surface area contributed by atoms with Gasteiger partial charge >= 0.3 is 0 Å². The standard InChI is InChI=1S/C17H17BrClNO/c1-17(2)9-21-15-4-3-10(7-14(15)17)16(20)11-5-12(18)8-13(19)6-11/h3-8,16H,9,20H2,1-2H3. The number of fused-ring (bicyclic) bond motifs is 1. The predicted molar refractivity (Wildman–Crippen MR) is 90.1 cm³/mol. The van der Waals surface area contributed by atoms with Gasteiger partial charge in [-0.2, -0.15) is 0 Å². The Kier molecular flexibility index (Phi) is 3.76. The van der Waals surface area contributed by atoms with Crippen LogP contribution in [0.2, 0.25) is 5.02 Å². The molecule has 0 bridgehead atoms. The first-order valence-electron chi connectivity index (χ1n) is 6.86. The number of hydrogen-bond acceptors (Lipinski definition) is 2. The fraction of sp³-hybridized carbons (Fsp3) is 0.294. The fourth-order valence-electron chi connectivity index (χ4n) is 2.68. The van der Waals surface area contributed by atoms with Crippen molar-refractivity contribution in [2.24, 2.45) is 5.73 Å². The van der Waals surface area contributed by atoms with Crippen LogP contribution in [0.25, 0.3) is 0 Å². The third-order valence-electron chi connectivity index (χ3n) is 3.92. The highest BCUT2D eigenvalue weighted by Gasteiger charge is 2.32. The highest BCUT2D eigenvalue weighted by Crippen LogP contribution is 2.40. The molecule has 21 heavy (non-hydrogen) atoms. The maximum Gasteiger partial charge on any atom is 0.123 e. The maximum atomic E-state index is 6.42. The molecule has 3 rings (SSSR count). The van der Waals surface area contributed by atoms with Gasteiger partial charge in [-0.25, -0.2) is 0 Å². The van der Waals surface area contributed by atoms with Crippen molar-refractivity contribution in [1.82, 2.24) is 0 Å². The molecule has 2 aromatic rings. The largest absolute Gasteiger partial charge is 0.492 e. The van der Waals surface area contributed by atoms with E-state index >= 15 is 0 Å². The predicted octanol–water partition coefficient (Wildman–Crippen LogP) is 4.82. The Hall–Kier alpha value is -1.03. The second-order valence-electron chi connectivity index (χ2n) is 6.11. The molecule has 1 aliphatic rings. The lowest BCUT2D eigenvalue weighted by Crippen LogP contribution is -2.19. The molecule has 0 saturated heterocycles. The average molecular weight is 367 g/mol. The Morgan fingerprint density at radius 2 is 1.95 bits per heavy atom. The van der Waals surface area contributed by atoms with E-state index in [-0.39, 0.29) is 11.5 Å². The van der Waals surface area contributed by atoms with Gasteiger partial charge in [0.15, 0.2) is 0 Å². The lowest BCUT2D eigenvalue weighted by molar-refractivity contribution is 0.291. The van der Waals surface area contributed by atoms with Gasteiger partial charge in [0, 0.05) is 20.5 Å². The smallest absolute Gasteiger partial charge is 0.123 e. The Morgan fingerprint density at radius 3 is 2.67 bits per heavy atom. The van der Waals surface area contributed by atoms with Crippen LogP contribution >= 0.6 is 27.5 Å². The van der Waals surface area contributed by atoms with Crippen LogP contribution < -0.4 is 10.5 Å². The molecule has 1 unspecified atom stereocenters. The van der Waals surface area contributed by atoms with E-state index in [0.717, 1.165) is 21.3 Å². The van der Waals surface area contributed by atoms with Crippen molar-refractivity contribution in [3.05, 3.63) is 62.6 Å². The van der Waals surface area contributed by atoms with E-state index in [9.17, 15) is 0 Å². The van der Waals surface area contributed by atoms with E-state index in [0.29, 0.717) is 11.6 Å². The van der Waals surface area contributed by atoms with Crippen LogP contribution in [0.1, 0.15) is 36.6 Å². The van der Waals surface area contributed by atoms with Crippen molar-refractivity contribution in [3.8, 4) is 5.75 Å². The van der Waals surface area contributed by atoms with Crippen molar-refractivity contribution in [2.75, 3.05) is 6.61 Å². The second-order valence-corrected chi connectivity index (χ2v) is 7.46. The minimum absolute atomic E-state index is 0.0278. The zero-order chi connectivity index (χ0) is 15.2. The summed E-state index contributed by atoms with van der Waals surface area (Å²) in [6.45, 7) is 5.08. The van der Waals surface area contributed by atoms with E-state index in [2.05, 4.69) is 35.8 Å². The van der Waals surface area contributed by atoms with Crippen molar-refractivity contribution >= 4 is 27.5 Å². The first kappa shape index (κ1) is 14.9. The molecule has 110 valence electrons. The molecule has 4 heteroatoms. The maximum absolute atomic E-state index is 6.42. The monoisotopic (exact) mass is 365 g/mol. The summed E-state index contributed by atoms with van der Waals surface area (Å²) in [5.41, 5.74) is 9.73. The van der Waals surface area contributed by atoms with Crippen molar-refractivity contribution < 1.29 is 4.74 Å². The fourth-order valence-corrected chi connectivity index (χ4v) is 3.57. The lowest BCUT2D eigenvalue weighted by atomic mass is 9.85. The van der Waals surface area contributed by atoms with Gasteiger partial charge in [0.25, 0.3) is 0 Å². The van der Waals surface area contributed by atoms with Crippen LogP contribution in [0.3, 0.4) is 0 Å². The number of hydrogen-bond donors (Lipinski definition) is 1. The summed E-state index contributed by atoms with van der Waals surface area (Å²) >= 11 is 9.58. The third kappa shape index (κ3) is 2.83. The van der Waals surface area contributed by atoms with E-state index in [1.54, 1.807) is 0 Å². The van der Waals surface area contributed by atoms with E-state index in [4.69, 9.17) is 22.1 Å². The van der Waals surface area contributed by atoms with Crippen LogP contribution in [-0.2, 0) is 5.41 Å². The molecule has 2 N–H and O–H groups in total. The van der Waals surface area contributed by atoms with Gasteiger partial charge in [-0.1, -0.05) is 47.4 Å². The summed E-state index contributed by atoms with van der Waals surface area (Å²) < 4.78 is 6.66. The lowest BCUT2D eigenvalue weighted by Gasteiger charge is -2.18. The number of benzene rings is 2. The third-order valence-corrected chi connectivity index (χ3v) is 4.60. The molecule has 1 atom stereocenters. The van der Waals surface area contributed by atoms with Crippen molar-refractivity contribution in [3.63, 3.8) is 0 Å². The molecule has 2 aromatic carbocycles. The normalized spacial score (nSPS) is 17.2. The highest BCUT2D eigenvalue weighted by molar-refractivity contribution is 9.10. The number of ether oxygens (including phenoxy) is 1. The minimum atomic E-state index is -0.207. The summed E-state index contributed by atoms with van der Waals surface area (Å²) in [4.78, 5) is 0. The summed E-state index contributed by atoms with van der Waals surface area (Å²) in [5.74, 6) is 0.961. The topological polar surface area (TPSA) is 35.2 Å². The number of halogens is 2. The van der Waals surface area contributed by atoms with Crippen molar-refractivity contribution in [1.29, 1.82) is 0 Å². The number of rotatable bonds is 2. The van der Waals surface area contributed by atoms with Gasteiger partial charge in [0.05, 0.1) is 12.6 Å². The van der Waals surface area contributed by atoms with E-state index in [1.807, 2.05) is 30.3 Å². The quantitative estimate of drug-likeness (QED) is 0.827. The van der Waals surface area contributed by atoms with Gasteiger partial charge in [0.1, 0.15) is 5.75 Å². The molecule has 0 fully saturated rings. The number of nitrogens with two attached hydrogens (primary N) is 1. The van der Waals surface area contributed by atoms with Gasteiger partial charge in [-0.15, -0.1) is 0 Å². The van der Waals surface area contributed by atoms with Crippen molar-refractivity contribution in [2.45, 2.75) is 25.3 Å². The molecule has 1 heterocycles. The molecular weight excluding hydrogens is 350 g/mol. The summed E-state index contributed by atoms with van der Waals surface area (Å²) in [5, 5.41) is 0.680. The zero-order valence-electron chi connectivity index (χ0n) is 12.0. The van der Waals surface area contributed by atoms with Crippen LogP contribution in [0.15, 0.2) is 40.9 Å². The molecule has 1 aliphatic heterocycles. The first-order valence-corrected chi connectivity index (χ1v) is 8.03. The Labute approximate surface area is 138 Å². The van der Waals surface area contributed by atoms with Crippen LogP contribution in [-0.4, -0.2) is 6.61 Å². The van der Waals surface area contributed by atoms with Crippen LogP contribution in [0.4, 0.5) is 0 Å². The van der Waals surface area contributed by atoms with E-state index in [1.165, 1.54) is 5.56 Å². The van der Waals surface area contributed by atoms with E-state index < -0.39 is 0 Å². The molecule has 0 saturated carbocycles. The minimum Gasteiger partial charge on any atom is -0.492 e. The zero-order valence-corrected chi connectivity index (χ0v) is 14.3. The van der Waals surface area contributed by atoms with Gasteiger partial charge < -0.3 is 10.5 Å². The van der Waals surface area contributed by atoms with Crippen LogP contribution in [0.5, 0.6) is 5.75 Å². The molecule has 0 aliphatic carbocycles. The second kappa shape index (κ2) is 5.31.